The first-order valence-electron chi connectivity index (χ1n) is 7.66. The zero-order valence-electron chi connectivity index (χ0n) is 13.5. The molecule has 3 aromatic rings. The number of carbonyl (C=O) groups excluding carboxylic acids is 2. The van der Waals surface area contributed by atoms with Gasteiger partial charge in [-0.25, -0.2) is 4.98 Å². The number of carbonyl (C=O) groups is 2. The second-order valence-corrected chi connectivity index (χ2v) is 6.63. The molecule has 1 heterocycles. The molecule has 1 aromatic heterocycles. The van der Waals surface area contributed by atoms with Crippen LogP contribution in [0.1, 0.15) is 0 Å². The first-order chi connectivity index (χ1) is 12.6. The van der Waals surface area contributed by atoms with Crippen molar-refractivity contribution >= 4 is 52.0 Å². The molecule has 1 amide bonds. The van der Waals surface area contributed by atoms with Gasteiger partial charge in [0.1, 0.15) is 5.03 Å². The summed E-state index contributed by atoms with van der Waals surface area (Å²) in [6.07, 6.45) is 1.60. The van der Waals surface area contributed by atoms with Crippen molar-refractivity contribution < 1.29 is 14.3 Å². The number of rotatable bonds is 6. The van der Waals surface area contributed by atoms with Gasteiger partial charge in [0.25, 0.3) is 5.91 Å². The van der Waals surface area contributed by atoms with Gasteiger partial charge in [-0.05, 0) is 36.4 Å². The molecule has 8 heteroatoms. The van der Waals surface area contributed by atoms with Gasteiger partial charge in [0.05, 0.1) is 23.0 Å². The molecule has 1 N–H and O–H groups in total. The van der Waals surface area contributed by atoms with Crippen LogP contribution in [0.4, 0.5) is 5.69 Å². The van der Waals surface area contributed by atoms with Gasteiger partial charge in [-0.1, -0.05) is 35.5 Å². The third kappa shape index (κ3) is 5.18. The van der Waals surface area contributed by atoms with Crippen molar-refractivity contribution in [2.45, 2.75) is 5.03 Å². The van der Waals surface area contributed by atoms with E-state index in [4.69, 9.17) is 16.3 Å². The number of halogens is 1. The number of thioether (sulfide) groups is 1. The summed E-state index contributed by atoms with van der Waals surface area (Å²) < 4.78 is 4.96. The monoisotopic (exact) mass is 387 g/mol. The minimum absolute atomic E-state index is 0.0429. The van der Waals surface area contributed by atoms with Crippen LogP contribution in [0.5, 0.6) is 0 Å². The highest BCUT2D eigenvalue weighted by Gasteiger charge is 2.10. The van der Waals surface area contributed by atoms with Crippen molar-refractivity contribution in [2.24, 2.45) is 0 Å². The van der Waals surface area contributed by atoms with Crippen molar-refractivity contribution in [3.63, 3.8) is 0 Å². The highest BCUT2D eigenvalue weighted by molar-refractivity contribution is 7.99. The van der Waals surface area contributed by atoms with Crippen molar-refractivity contribution in [3.8, 4) is 0 Å². The van der Waals surface area contributed by atoms with E-state index >= 15 is 0 Å². The maximum atomic E-state index is 11.8. The number of amides is 1. The summed E-state index contributed by atoms with van der Waals surface area (Å²) in [4.78, 5) is 32.3. The fourth-order valence-corrected chi connectivity index (χ4v) is 2.83. The quantitative estimate of drug-likeness (QED) is 0.514. The first kappa shape index (κ1) is 18.2. The summed E-state index contributed by atoms with van der Waals surface area (Å²) in [5.74, 6) is -0.881. The Bertz CT molecular complexity index is 934. The molecule has 2 aromatic carbocycles. The third-order valence-electron chi connectivity index (χ3n) is 3.26. The minimum Gasteiger partial charge on any atom is -0.455 e. The summed E-state index contributed by atoms with van der Waals surface area (Å²) in [6.45, 7) is -0.356. The van der Waals surface area contributed by atoms with E-state index in [1.54, 1.807) is 30.5 Å². The number of benzene rings is 2. The summed E-state index contributed by atoms with van der Waals surface area (Å²) in [5.41, 5.74) is 2.13. The molecular formula is C18H14ClN3O3S. The smallest absolute Gasteiger partial charge is 0.316 e. The van der Waals surface area contributed by atoms with Gasteiger partial charge >= 0.3 is 5.97 Å². The Morgan fingerprint density at radius 1 is 1.08 bits per heavy atom. The van der Waals surface area contributed by atoms with Gasteiger partial charge in [-0.2, -0.15) is 0 Å². The Labute approximate surface area is 158 Å². The average Bonchev–Trinajstić information content (AvgIpc) is 2.66. The number of esters is 1. The molecule has 6 nitrogen and oxygen atoms in total. The third-order valence-corrected chi connectivity index (χ3v) is 4.38. The molecule has 3 rings (SSSR count). The fourth-order valence-electron chi connectivity index (χ4n) is 2.06. The zero-order valence-corrected chi connectivity index (χ0v) is 15.1. The highest BCUT2D eigenvalue weighted by Crippen LogP contribution is 2.18. The molecule has 0 saturated carbocycles. The lowest BCUT2D eigenvalue weighted by Crippen LogP contribution is -2.21. The van der Waals surface area contributed by atoms with E-state index in [0.717, 1.165) is 11.0 Å². The molecule has 0 fully saturated rings. The van der Waals surface area contributed by atoms with E-state index < -0.39 is 11.9 Å². The number of nitrogens with zero attached hydrogens (tertiary/aromatic N) is 2. The normalized spacial score (nSPS) is 10.5. The Hall–Kier alpha value is -2.64. The van der Waals surface area contributed by atoms with Gasteiger partial charge in [0, 0.05) is 10.7 Å². The van der Waals surface area contributed by atoms with E-state index in [1.165, 1.54) is 11.8 Å². The SMILES string of the molecule is O=C(COC(=O)CSc1cnc2ccccc2n1)Nc1ccc(Cl)cc1. The van der Waals surface area contributed by atoms with E-state index in [0.29, 0.717) is 15.7 Å². The summed E-state index contributed by atoms with van der Waals surface area (Å²) in [6, 6.07) is 14.1. The van der Waals surface area contributed by atoms with Crippen LogP contribution in [-0.2, 0) is 14.3 Å². The molecule has 0 aliphatic rings. The lowest BCUT2D eigenvalue weighted by Gasteiger charge is -2.06. The molecule has 0 bridgehead atoms. The topological polar surface area (TPSA) is 81.2 Å². The van der Waals surface area contributed by atoms with Crippen LogP contribution in [0.15, 0.2) is 59.8 Å². The minimum atomic E-state index is -0.504. The first-order valence-corrected chi connectivity index (χ1v) is 9.02. The Kier molecular flexibility index (Phi) is 6.04. The van der Waals surface area contributed by atoms with Gasteiger partial charge in [-0.15, -0.1) is 0 Å². The Morgan fingerprint density at radius 3 is 2.58 bits per heavy atom. The van der Waals surface area contributed by atoms with Crippen LogP contribution >= 0.6 is 23.4 Å². The van der Waals surface area contributed by atoms with Crippen LogP contribution in [0.3, 0.4) is 0 Å². The predicted molar refractivity (Wildman–Crippen MR) is 101 cm³/mol. The van der Waals surface area contributed by atoms with Gasteiger partial charge < -0.3 is 10.1 Å². The average molecular weight is 388 g/mol. The lowest BCUT2D eigenvalue weighted by molar-refractivity contribution is -0.144. The second kappa shape index (κ2) is 8.64. The number of aromatic nitrogens is 2. The van der Waals surface area contributed by atoms with E-state index in [9.17, 15) is 9.59 Å². The maximum absolute atomic E-state index is 11.8. The van der Waals surface area contributed by atoms with Crippen molar-refractivity contribution in [2.75, 3.05) is 17.7 Å². The largest absolute Gasteiger partial charge is 0.455 e. The van der Waals surface area contributed by atoms with Crippen molar-refractivity contribution in [1.82, 2.24) is 9.97 Å². The number of anilines is 1. The fraction of sp³-hybridized carbons (Fsp3) is 0.111. The number of ether oxygens (including phenoxy) is 1. The number of fused-ring (bicyclic) bond motifs is 1. The molecule has 26 heavy (non-hydrogen) atoms. The van der Waals surface area contributed by atoms with E-state index in [2.05, 4.69) is 15.3 Å². The zero-order chi connectivity index (χ0) is 18.4. The molecular weight excluding hydrogens is 374 g/mol. The molecule has 132 valence electrons. The summed E-state index contributed by atoms with van der Waals surface area (Å²) in [5, 5.41) is 3.80. The Morgan fingerprint density at radius 2 is 1.81 bits per heavy atom. The molecule has 0 unspecified atom stereocenters. The van der Waals surface area contributed by atoms with Gasteiger partial charge in [0.2, 0.25) is 0 Å². The van der Waals surface area contributed by atoms with Crippen LogP contribution in [0.25, 0.3) is 11.0 Å². The number of hydrogen-bond donors (Lipinski definition) is 1. The molecule has 0 aliphatic heterocycles. The number of nitrogens with one attached hydrogen (secondary N) is 1. The van der Waals surface area contributed by atoms with Crippen LogP contribution in [0, 0.1) is 0 Å². The van der Waals surface area contributed by atoms with Crippen LogP contribution in [0.2, 0.25) is 5.02 Å². The van der Waals surface area contributed by atoms with Crippen LogP contribution in [-0.4, -0.2) is 34.2 Å². The number of para-hydroxylation sites is 2. The highest BCUT2D eigenvalue weighted by atomic mass is 35.5. The van der Waals surface area contributed by atoms with Crippen LogP contribution < -0.4 is 5.32 Å². The second-order valence-electron chi connectivity index (χ2n) is 5.20. The molecule has 0 radical (unpaired) electrons. The van der Waals surface area contributed by atoms with E-state index in [-0.39, 0.29) is 12.4 Å². The Balaban J connectivity index is 1.44. The maximum Gasteiger partial charge on any atom is 0.316 e. The molecule has 0 atom stereocenters. The summed E-state index contributed by atoms with van der Waals surface area (Å²) >= 11 is 6.98. The molecule has 0 spiro atoms. The predicted octanol–water partition coefficient (Wildman–Crippen LogP) is 3.56. The molecule has 0 saturated heterocycles. The summed E-state index contributed by atoms with van der Waals surface area (Å²) in [7, 11) is 0. The molecule has 0 aliphatic carbocycles. The number of hydrogen-bond acceptors (Lipinski definition) is 6. The lowest BCUT2D eigenvalue weighted by atomic mass is 10.3. The van der Waals surface area contributed by atoms with Gasteiger partial charge in [0.15, 0.2) is 6.61 Å². The van der Waals surface area contributed by atoms with Crippen molar-refractivity contribution in [3.05, 3.63) is 59.8 Å². The van der Waals surface area contributed by atoms with E-state index in [1.807, 2.05) is 24.3 Å². The standard InChI is InChI=1S/C18H14ClN3O3S/c19-12-5-7-13(8-6-12)21-16(23)10-25-18(24)11-26-17-9-20-14-3-1-2-4-15(14)22-17/h1-9H,10-11H2,(H,21,23). The van der Waals surface area contributed by atoms with Crippen molar-refractivity contribution in [1.29, 1.82) is 0 Å². The van der Waals surface area contributed by atoms with Gasteiger partial charge in [-0.3, -0.25) is 14.6 Å².